The molecule has 2 fully saturated rings. The standard InChI is InChI=1S/C28H35NO6/c1-27(2)31-18-22(33-27)25-26(35-28(3,4)34-25)23-24(30-5)21(20-14-10-7-11-15-20)17-32-29(23)16-19-12-8-6-9-13-19/h6-15,22-23,25-26H,16-18H2,1-5H3/t22-,23-,25-,26-/m1/s1. The van der Waals surface area contributed by atoms with Crippen molar-refractivity contribution in [1.82, 2.24) is 5.06 Å². The molecule has 3 heterocycles. The maximum atomic E-state index is 6.57. The molecule has 2 saturated heterocycles. The van der Waals surface area contributed by atoms with Crippen LogP contribution in [0.3, 0.4) is 0 Å². The van der Waals surface area contributed by atoms with Crippen LogP contribution < -0.4 is 0 Å². The lowest BCUT2D eigenvalue weighted by atomic mass is 9.93. The predicted molar refractivity (Wildman–Crippen MR) is 131 cm³/mol. The molecule has 0 N–H and O–H groups in total. The Morgan fingerprint density at radius 3 is 2.14 bits per heavy atom. The van der Waals surface area contributed by atoms with E-state index in [2.05, 4.69) is 24.3 Å². The average molecular weight is 482 g/mol. The fourth-order valence-electron chi connectivity index (χ4n) is 5.16. The van der Waals surface area contributed by atoms with Gasteiger partial charge in [-0.3, -0.25) is 4.84 Å². The summed E-state index contributed by atoms with van der Waals surface area (Å²) < 4.78 is 31.3. The van der Waals surface area contributed by atoms with Crippen LogP contribution in [0, 0.1) is 0 Å². The van der Waals surface area contributed by atoms with Gasteiger partial charge in [0.05, 0.1) is 26.9 Å². The molecule has 2 aromatic rings. The second-order valence-corrected chi connectivity index (χ2v) is 10.1. The molecule has 35 heavy (non-hydrogen) atoms. The molecule has 0 spiro atoms. The average Bonchev–Trinajstić information content (AvgIpc) is 3.37. The zero-order chi connectivity index (χ0) is 24.6. The number of hydroxylamine groups is 2. The van der Waals surface area contributed by atoms with Crippen LogP contribution in [-0.4, -0.2) is 61.3 Å². The highest BCUT2D eigenvalue weighted by Gasteiger charge is 2.55. The van der Waals surface area contributed by atoms with Crippen LogP contribution in [0.5, 0.6) is 0 Å². The molecule has 2 aromatic carbocycles. The Kier molecular flexibility index (Phi) is 6.74. The normalized spacial score (nSPS) is 30.5. The Hall–Kier alpha value is -2.26. The Morgan fingerprint density at radius 1 is 0.857 bits per heavy atom. The van der Waals surface area contributed by atoms with Gasteiger partial charge in [-0.2, -0.15) is 5.06 Å². The zero-order valence-electron chi connectivity index (χ0n) is 21.1. The fraction of sp³-hybridized carbons (Fsp3) is 0.500. The Morgan fingerprint density at radius 2 is 1.51 bits per heavy atom. The lowest BCUT2D eigenvalue weighted by Crippen LogP contribution is -2.54. The van der Waals surface area contributed by atoms with Crippen molar-refractivity contribution in [2.24, 2.45) is 0 Å². The first-order valence-corrected chi connectivity index (χ1v) is 12.2. The number of ether oxygens (including phenoxy) is 5. The van der Waals surface area contributed by atoms with Gasteiger partial charge in [0, 0.05) is 5.57 Å². The third kappa shape index (κ3) is 5.16. The topological polar surface area (TPSA) is 58.6 Å². The summed E-state index contributed by atoms with van der Waals surface area (Å²) in [4.78, 5) is 6.41. The summed E-state index contributed by atoms with van der Waals surface area (Å²) in [5, 5.41) is 1.96. The Labute approximate surface area is 207 Å². The largest absolute Gasteiger partial charge is 0.499 e. The van der Waals surface area contributed by atoms with Crippen LogP contribution in [0.2, 0.25) is 0 Å². The predicted octanol–water partition coefficient (Wildman–Crippen LogP) is 4.53. The molecular formula is C28H35NO6. The van der Waals surface area contributed by atoms with Gasteiger partial charge in [0.15, 0.2) is 11.6 Å². The van der Waals surface area contributed by atoms with Crippen molar-refractivity contribution in [2.45, 2.75) is 70.2 Å². The first kappa shape index (κ1) is 24.4. The molecule has 0 amide bonds. The second-order valence-electron chi connectivity index (χ2n) is 10.1. The number of methoxy groups -OCH3 is 1. The number of hydrogen-bond acceptors (Lipinski definition) is 7. The summed E-state index contributed by atoms with van der Waals surface area (Å²) in [6, 6.07) is 20.1. The molecule has 5 rings (SSSR count). The summed E-state index contributed by atoms with van der Waals surface area (Å²) in [6.45, 7) is 9.10. The minimum atomic E-state index is -0.799. The molecule has 0 unspecified atom stereocenters. The van der Waals surface area contributed by atoms with E-state index in [1.165, 1.54) is 0 Å². The lowest BCUT2D eigenvalue weighted by molar-refractivity contribution is -0.221. The number of benzene rings is 2. The molecule has 3 aliphatic heterocycles. The van der Waals surface area contributed by atoms with E-state index >= 15 is 0 Å². The van der Waals surface area contributed by atoms with E-state index in [-0.39, 0.29) is 18.2 Å². The highest BCUT2D eigenvalue weighted by molar-refractivity contribution is 5.69. The van der Waals surface area contributed by atoms with Gasteiger partial charge in [0.2, 0.25) is 0 Å². The minimum absolute atomic E-state index is 0.282. The monoisotopic (exact) mass is 481 g/mol. The molecule has 0 bridgehead atoms. The smallest absolute Gasteiger partial charge is 0.163 e. The molecule has 0 aromatic heterocycles. The van der Waals surface area contributed by atoms with Gasteiger partial charge in [-0.25, -0.2) is 0 Å². The van der Waals surface area contributed by atoms with E-state index < -0.39 is 17.7 Å². The van der Waals surface area contributed by atoms with Gasteiger partial charge >= 0.3 is 0 Å². The van der Waals surface area contributed by atoms with E-state index in [0.29, 0.717) is 19.8 Å². The number of hydrogen-bond donors (Lipinski definition) is 0. The van der Waals surface area contributed by atoms with Crippen molar-refractivity contribution < 1.29 is 28.5 Å². The molecule has 0 radical (unpaired) electrons. The molecule has 0 aliphatic carbocycles. The van der Waals surface area contributed by atoms with Crippen molar-refractivity contribution in [3.8, 4) is 0 Å². The third-order valence-electron chi connectivity index (χ3n) is 6.65. The van der Waals surface area contributed by atoms with Crippen molar-refractivity contribution >= 4 is 5.57 Å². The first-order chi connectivity index (χ1) is 16.8. The highest BCUT2D eigenvalue weighted by Crippen LogP contribution is 2.42. The number of rotatable bonds is 6. The van der Waals surface area contributed by atoms with Gasteiger partial charge in [0.1, 0.15) is 30.1 Å². The van der Waals surface area contributed by atoms with Gasteiger partial charge < -0.3 is 23.7 Å². The van der Waals surface area contributed by atoms with Crippen molar-refractivity contribution in [3.63, 3.8) is 0 Å². The van der Waals surface area contributed by atoms with Crippen molar-refractivity contribution in [2.75, 3.05) is 20.3 Å². The van der Waals surface area contributed by atoms with E-state index in [1.807, 2.05) is 69.2 Å². The highest BCUT2D eigenvalue weighted by atomic mass is 16.8. The summed E-state index contributed by atoms with van der Waals surface area (Å²) in [6.07, 6.45) is -1.07. The minimum Gasteiger partial charge on any atom is -0.499 e. The van der Waals surface area contributed by atoms with E-state index in [4.69, 9.17) is 28.5 Å². The fourth-order valence-corrected chi connectivity index (χ4v) is 5.16. The van der Waals surface area contributed by atoms with E-state index in [9.17, 15) is 0 Å². The molecule has 0 saturated carbocycles. The lowest BCUT2D eigenvalue weighted by Gasteiger charge is -2.41. The summed E-state index contributed by atoms with van der Waals surface area (Å²) in [5.41, 5.74) is 3.19. The van der Waals surface area contributed by atoms with Crippen LogP contribution in [0.1, 0.15) is 38.8 Å². The van der Waals surface area contributed by atoms with Crippen LogP contribution in [0.15, 0.2) is 66.4 Å². The van der Waals surface area contributed by atoms with E-state index in [1.54, 1.807) is 7.11 Å². The van der Waals surface area contributed by atoms with Gasteiger partial charge in [-0.1, -0.05) is 60.7 Å². The maximum Gasteiger partial charge on any atom is 0.163 e. The van der Waals surface area contributed by atoms with Crippen LogP contribution >= 0.6 is 0 Å². The van der Waals surface area contributed by atoms with Crippen LogP contribution in [0.4, 0.5) is 0 Å². The zero-order valence-corrected chi connectivity index (χ0v) is 21.1. The summed E-state index contributed by atoms with van der Waals surface area (Å²) in [7, 11) is 1.71. The maximum absolute atomic E-state index is 6.57. The van der Waals surface area contributed by atoms with Crippen LogP contribution in [-0.2, 0) is 35.1 Å². The van der Waals surface area contributed by atoms with Gasteiger partial charge in [-0.05, 0) is 38.8 Å². The Balaban J connectivity index is 1.56. The molecule has 4 atom stereocenters. The van der Waals surface area contributed by atoms with Gasteiger partial charge in [-0.15, -0.1) is 0 Å². The van der Waals surface area contributed by atoms with Crippen molar-refractivity contribution in [3.05, 3.63) is 77.5 Å². The molecule has 188 valence electrons. The molecule has 3 aliphatic rings. The van der Waals surface area contributed by atoms with Crippen LogP contribution in [0.25, 0.3) is 5.57 Å². The summed E-state index contributed by atoms with van der Waals surface area (Å²) in [5.74, 6) is -0.659. The molecule has 7 nitrogen and oxygen atoms in total. The van der Waals surface area contributed by atoms with Gasteiger partial charge in [0.25, 0.3) is 0 Å². The number of nitrogens with zero attached hydrogens (tertiary/aromatic N) is 1. The first-order valence-electron chi connectivity index (χ1n) is 12.2. The Bertz CT molecular complexity index is 1040. The summed E-state index contributed by atoms with van der Waals surface area (Å²) >= 11 is 0. The quantitative estimate of drug-likeness (QED) is 0.601. The molecular weight excluding hydrogens is 446 g/mol. The SMILES string of the molecule is COC1=C(c2ccccc2)CON(Cc2ccccc2)[C@H]1[C@H]1OC(C)(C)O[C@@H]1[C@H]1COC(C)(C)O1. The molecule has 7 heteroatoms. The van der Waals surface area contributed by atoms with Crippen molar-refractivity contribution in [1.29, 1.82) is 0 Å². The van der Waals surface area contributed by atoms with E-state index in [0.717, 1.165) is 22.5 Å². The second kappa shape index (κ2) is 9.65. The third-order valence-corrected chi connectivity index (χ3v) is 6.65.